The summed E-state index contributed by atoms with van der Waals surface area (Å²) < 4.78 is 1.97. The van der Waals surface area contributed by atoms with Crippen molar-refractivity contribution in [3.05, 3.63) is 11.8 Å². The maximum Gasteiger partial charge on any atom is 0.189 e. The fourth-order valence-corrected chi connectivity index (χ4v) is 1.43. The first kappa shape index (κ1) is 4.93. The molecule has 2 rings (SSSR count). The van der Waals surface area contributed by atoms with E-state index in [4.69, 9.17) is 0 Å². The Morgan fingerprint density at radius 1 is 1.56 bits per heavy atom. The summed E-state index contributed by atoms with van der Waals surface area (Å²) in [4.78, 5) is 9.20. The van der Waals surface area contributed by atoms with Gasteiger partial charge in [0.1, 0.15) is 4.83 Å². The number of aromatic nitrogens is 3. The van der Waals surface area contributed by atoms with Crippen LogP contribution in [0.5, 0.6) is 0 Å². The zero-order valence-electron chi connectivity index (χ0n) is 4.90. The Labute approximate surface area is 56.0 Å². The molecule has 0 spiro atoms. The van der Waals surface area contributed by atoms with Crippen molar-refractivity contribution in [1.29, 1.82) is 0 Å². The second kappa shape index (κ2) is 1.54. The van der Waals surface area contributed by atoms with E-state index in [1.807, 2.05) is 11.6 Å². The normalized spacial score (nSPS) is 10.8. The second-order valence-corrected chi connectivity index (χ2v) is 2.67. The first-order valence-electron chi connectivity index (χ1n) is 2.58. The average molecular weight is 139 g/mol. The molecule has 0 aliphatic rings. The maximum atomic E-state index is 4.04. The van der Waals surface area contributed by atoms with Crippen LogP contribution >= 0.6 is 11.3 Å². The van der Waals surface area contributed by atoms with Gasteiger partial charge in [0.05, 0.1) is 11.8 Å². The Bertz CT molecular complexity index is 321. The van der Waals surface area contributed by atoms with Crippen molar-refractivity contribution in [3.8, 4) is 0 Å². The molecule has 46 valence electrons. The Morgan fingerprint density at radius 2 is 2.44 bits per heavy atom. The number of hydrogen-bond acceptors (Lipinski definition) is 3. The molecule has 0 radical (unpaired) electrons. The van der Waals surface area contributed by atoms with E-state index in [1.54, 1.807) is 23.2 Å². The first-order valence-corrected chi connectivity index (χ1v) is 3.46. The van der Waals surface area contributed by atoms with Crippen molar-refractivity contribution in [2.24, 2.45) is 7.05 Å². The quantitative estimate of drug-likeness (QED) is 0.545. The predicted octanol–water partition coefficient (Wildman–Crippen LogP) is 1.03. The third kappa shape index (κ3) is 0.564. The van der Waals surface area contributed by atoms with E-state index in [-0.39, 0.29) is 0 Å². The van der Waals surface area contributed by atoms with E-state index in [1.165, 1.54) is 0 Å². The summed E-state index contributed by atoms with van der Waals surface area (Å²) >= 11 is 1.61. The highest BCUT2D eigenvalue weighted by molar-refractivity contribution is 7.16. The molecule has 0 aromatic carbocycles. The molecule has 0 N–H and O–H groups in total. The molecule has 0 bridgehead atoms. The lowest BCUT2D eigenvalue weighted by Gasteiger charge is -1.82. The SMILES string of the molecule is Cn1cnc2ncsc21. The van der Waals surface area contributed by atoms with Crippen molar-refractivity contribution in [2.45, 2.75) is 0 Å². The van der Waals surface area contributed by atoms with E-state index in [0.717, 1.165) is 10.5 Å². The largest absolute Gasteiger partial charge is 0.324 e. The van der Waals surface area contributed by atoms with Gasteiger partial charge in [0.15, 0.2) is 5.65 Å². The van der Waals surface area contributed by atoms with Crippen LogP contribution in [0.2, 0.25) is 0 Å². The molecular formula is C5H5N3S. The minimum absolute atomic E-state index is 0.850. The lowest BCUT2D eigenvalue weighted by atomic mass is 10.8. The zero-order chi connectivity index (χ0) is 6.27. The number of rotatable bonds is 0. The predicted molar refractivity (Wildman–Crippen MR) is 36.4 cm³/mol. The summed E-state index contributed by atoms with van der Waals surface area (Å²) in [6.45, 7) is 0. The molecule has 0 fully saturated rings. The molecule has 2 aromatic rings. The first-order chi connectivity index (χ1) is 4.38. The number of nitrogens with zero attached hydrogens (tertiary/aromatic N) is 3. The van der Waals surface area contributed by atoms with Gasteiger partial charge in [0.25, 0.3) is 0 Å². The minimum atomic E-state index is 0.850. The molecule has 0 atom stereocenters. The molecule has 0 saturated carbocycles. The van der Waals surface area contributed by atoms with Gasteiger partial charge in [-0.25, -0.2) is 9.97 Å². The molecule has 3 nitrogen and oxygen atoms in total. The van der Waals surface area contributed by atoms with Gasteiger partial charge in [-0.1, -0.05) is 0 Å². The highest BCUT2D eigenvalue weighted by Gasteiger charge is 1.98. The summed E-state index contributed by atoms with van der Waals surface area (Å²) in [5.41, 5.74) is 2.65. The van der Waals surface area contributed by atoms with Crippen molar-refractivity contribution in [1.82, 2.24) is 14.5 Å². The Hall–Kier alpha value is -0.900. The van der Waals surface area contributed by atoms with Gasteiger partial charge in [0, 0.05) is 7.05 Å². The average Bonchev–Trinajstić information content (AvgIpc) is 2.35. The minimum Gasteiger partial charge on any atom is -0.324 e. The fourth-order valence-electron chi connectivity index (χ4n) is 0.757. The Balaban J connectivity index is 2.99. The lowest BCUT2D eigenvalue weighted by Crippen LogP contribution is -1.78. The number of hydrogen-bond donors (Lipinski definition) is 0. The topological polar surface area (TPSA) is 30.7 Å². The summed E-state index contributed by atoms with van der Waals surface area (Å²) in [5.74, 6) is 0. The van der Waals surface area contributed by atoms with Crippen LogP contribution in [0.25, 0.3) is 10.5 Å². The fraction of sp³-hybridized carbons (Fsp3) is 0.200. The number of thiazole rings is 1. The van der Waals surface area contributed by atoms with E-state index in [2.05, 4.69) is 9.97 Å². The Morgan fingerprint density at radius 3 is 3.22 bits per heavy atom. The van der Waals surface area contributed by atoms with E-state index >= 15 is 0 Å². The summed E-state index contributed by atoms with van der Waals surface area (Å²) in [7, 11) is 1.97. The molecular weight excluding hydrogens is 134 g/mol. The van der Waals surface area contributed by atoms with Gasteiger partial charge in [-0.2, -0.15) is 0 Å². The van der Waals surface area contributed by atoms with Crippen LogP contribution in [-0.2, 0) is 7.05 Å². The van der Waals surface area contributed by atoms with Crippen LogP contribution in [-0.4, -0.2) is 14.5 Å². The van der Waals surface area contributed by atoms with Gasteiger partial charge in [0.2, 0.25) is 0 Å². The van der Waals surface area contributed by atoms with Crippen LogP contribution in [0.3, 0.4) is 0 Å². The molecule has 0 aliphatic heterocycles. The summed E-state index contributed by atoms with van der Waals surface area (Å²) in [6.07, 6.45) is 1.77. The summed E-state index contributed by atoms with van der Waals surface area (Å²) in [6, 6.07) is 0. The molecule has 2 heterocycles. The van der Waals surface area contributed by atoms with Crippen LogP contribution in [0, 0.1) is 0 Å². The second-order valence-electron chi connectivity index (χ2n) is 1.84. The smallest absolute Gasteiger partial charge is 0.189 e. The highest BCUT2D eigenvalue weighted by Crippen LogP contribution is 2.13. The number of imidazole rings is 1. The van der Waals surface area contributed by atoms with Gasteiger partial charge in [-0.05, 0) is 0 Å². The number of aryl methyl sites for hydroxylation is 1. The third-order valence-corrected chi connectivity index (χ3v) is 2.11. The van der Waals surface area contributed by atoms with E-state index in [9.17, 15) is 0 Å². The van der Waals surface area contributed by atoms with Gasteiger partial charge in [-0.15, -0.1) is 11.3 Å². The Kier molecular flexibility index (Phi) is 0.843. The van der Waals surface area contributed by atoms with Gasteiger partial charge >= 0.3 is 0 Å². The van der Waals surface area contributed by atoms with Crippen molar-refractivity contribution >= 4 is 21.8 Å². The lowest BCUT2D eigenvalue weighted by molar-refractivity contribution is 0.954. The molecule has 0 saturated heterocycles. The van der Waals surface area contributed by atoms with Crippen LogP contribution in [0.4, 0.5) is 0 Å². The molecule has 0 unspecified atom stereocenters. The summed E-state index contributed by atoms with van der Waals surface area (Å²) in [5, 5.41) is 0. The zero-order valence-corrected chi connectivity index (χ0v) is 5.72. The molecule has 0 amide bonds. The van der Waals surface area contributed by atoms with E-state index in [0.29, 0.717) is 0 Å². The van der Waals surface area contributed by atoms with Gasteiger partial charge < -0.3 is 4.57 Å². The molecule has 2 aromatic heterocycles. The maximum absolute atomic E-state index is 4.04. The van der Waals surface area contributed by atoms with Crippen LogP contribution in [0.15, 0.2) is 11.8 Å². The van der Waals surface area contributed by atoms with Crippen molar-refractivity contribution in [2.75, 3.05) is 0 Å². The monoisotopic (exact) mass is 139 g/mol. The highest BCUT2D eigenvalue weighted by atomic mass is 32.1. The van der Waals surface area contributed by atoms with Crippen LogP contribution < -0.4 is 0 Å². The van der Waals surface area contributed by atoms with Crippen LogP contribution in [0.1, 0.15) is 0 Å². The van der Waals surface area contributed by atoms with Gasteiger partial charge in [-0.3, -0.25) is 0 Å². The molecule has 0 aliphatic carbocycles. The number of fused-ring (bicyclic) bond motifs is 1. The van der Waals surface area contributed by atoms with Crippen molar-refractivity contribution in [3.63, 3.8) is 0 Å². The third-order valence-electron chi connectivity index (χ3n) is 1.20. The van der Waals surface area contributed by atoms with E-state index < -0.39 is 0 Å². The van der Waals surface area contributed by atoms with Crippen molar-refractivity contribution < 1.29 is 0 Å². The molecule has 4 heteroatoms. The molecule has 9 heavy (non-hydrogen) atoms. The standard InChI is InChI=1S/C5H5N3S/c1-8-2-6-4-5(8)9-3-7-4/h2-3H,1H3.